The van der Waals surface area contributed by atoms with E-state index in [1.165, 1.54) is 49.8 Å². The molecule has 1 nitrogen and oxygen atoms in total. The molecule has 1 aromatic rings. The van der Waals surface area contributed by atoms with Crippen molar-refractivity contribution in [2.24, 2.45) is 11.8 Å². The molecule has 0 aliphatic heterocycles. The molecule has 1 heteroatoms. The monoisotopic (exact) mass is 289 g/mol. The Morgan fingerprint density at radius 3 is 2.24 bits per heavy atom. The molecule has 0 aromatic heterocycles. The highest BCUT2D eigenvalue weighted by Gasteiger charge is 2.12. The summed E-state index contributed by atoms with van der Waals surface area (Å²) in [4.78, 5) is 0. The first-order valence-corrected chi connectivity index (χ1v) is 8.95. The lowest BCUT2D eigenvalue weighted by molar-refractivity contribution is 0.392. The Morgan fingerprint density at radius 1 is 0.905 bits per heavy atom. The highest BCUT2D eigenvalue weighted by atomic mass is 14.9. The molecule has 0 saturated carbocycles. The van der Waals surface area contributed by atoms with Crippen LogP contribution in [0.15, 0.2) is 24.3 Å². The Kier molecular flexibility index (Phi) is 8.49. The van der Waals surface area contributed by atoms with Crippen LogP contribution in [0.2, 0.25) is 0 Å². The predicted molar refractivity (Wildman–Crippen MR) is 96.0 cm³/mol. The summed E-state index contributed by atoms with van der Waals surface area (Å²) in [5.41, 5.74) is 2.84. The summed E-state index contributed by atoms with van der Waals surface area (Å²) in [5, 5.41) is 3.67. The molecule has 120 valence electrons. The zero-order valence-corrected chi connectivity index (χ0v) is 14.8. The fraction of sp³-hybridized carbons (Fsp3) is 0.700. The SMILES string of the molecule is CCC(C)CCC(CC)Cc1ccccc1NC(C)CC. The van der Waals surface area contributed by atoms with Crippen molar-refractivity contribution in [1.82, 2.24) is 0 Å². The van der Waals surface area contributed by atoms with Crippen LogP contribution in [0.4, 0.5) is 5.69 Å². The van der Waals surface area contributed by atoms with Gasteiger partial charge in [0.2, 0.25) is 0 Å². The Bertz CT molecular complexity index is 385. The number of rotatable bonds is 10. The quantitative estimate of drug-likeness (QED) is 0.533. The van der Waals surface area contributed by atoms with Gasteiger partial charge in [0.25, 0.3) is 0 Å². The summed E-state index contributed by atoms with van der Waals surface area (Å²) in [6.07, 6.45) is 7.71. The van der Waals surface area contributed by atoms with Gasteiger partial charge in [0.05, 0.1) is 0 Å². The zero-order chi connectivity index (χ0) is 15.7. The van der Waals surface area contributed by atoms with E-state index < -0.39 is 0 Å². The normalized spacial score (nSPS) is 15.5. The van der Waals surface area contributed by atoms with Gasteiger partial charge in [-0.3, -0.25) is 0 Å². The van der Waals surface area contributed by atoms with Crippen LogP contribution in [0.3, 0.4) is 0 Å². The third-order valence-corrected chi connectivity index (χ3v) is 4.88. The molecule has 3 atom stereocenters. The summed E-state index contributed by atoms with van der Waals surface area (Å²) in [7, 11) is 0. The molecule has 1 aromatic carbocycles. The van der Waals surface area contributed by atoms with E-state index in [0.29, 0.717) is 6.04 Å². The van der Waals surface area contributed by atoms with Crippen LogP contribution in [0, 0.1) is 11.8 Å². The third-order valence-electron chi connectivity index (χ3n) is 4.88. The second-order valence-electron chi connectivity index (χ2n) is 6.68. The van der Waals surface area contributed by atoms with Crippen molar-refractivity contribution < 1.29 is 0 Å². The van der Waals surface area contributed by atoms with Gasteiger partial charge in [-0.2, -0.15) is 0 Å². The van der Waals surface area contributed by atoms with Gasteiger partial charge in [-0.25, -0.2) is 0 Å². The predicted octanol–water partition coefficient (Wildman–Crippen LogP) is 6.29. The average Bonchev–Trinajstić information content (AvgIpc) is 2.52. The van der Waals surface area contributed by atoms with Crippen molar-refractivity contribution in [1.29, 1.82) is 0 Å². The molecule has 0 fully saturated rings. The van der Waals surface area contributed by atoms with Gasteiger partial charge in [0, 0.05) is 11.7 Å². The zero-order valence-electron chi connectivity index (χ0n) is 14.8. The summed E-state index contributed by atoms with van der Waals surface area (Å²) in [6.45, 7) is 11.5. The molecule has 0 amide bonds. The number of hydrogen-bond donors (Lipinski definition) is 1. The maximum absolute atomic E-state index is 3.67. The highest BCUT2D eigenvalue weighted by Crippen LogP contribution is 2.25. The third kappa shape index (κ3) is 6.54. The van der Waals surface area contributed by atoms with E-state index in [2.05, 4.69) is 64.2 Å². The van der Waals surface area contributed by atoms with Gasteiger partial charge in [0.1, 0.15) is 0 Å². The first-order chi connectivity index (χ1) is 10.1. The second kappa shape index (κ2) is 9.87. The lowest BCUT2D eigenvalue weighted by Gasteiger charge is -2.21. The molecule has 0 radical (unpaired) electrons. The molecule has 21 heavy (non-hydrogen) atoms. The van der Waals surface area contributed by atoms with Crippen molar-refractivity contribution >= 4 is 5.69 Å². The first kappa shape index (κ1) is 18.1. The summed E-state index contributed by atoms with van der Waals surface area (Å²) >= 11 is 0. The van der Waals surface area contributed by atoms with Gasteiger partial charge >= 0.3 is 0 Å². The molecule has 0 saturated heterocycles. The molecule has 0 bridgehead atoms. The van der Waals surface area contributed by atoms with E-state index in [0.717, 1.165) is 11.8 Å². The van der Waals surface area contributed by atoms with Crippen molar-refractivity contribution in [2.75, 3.05) is 5.32 Å². The molecule has 0 aliphatic carbocycles. The minimum atomic E-state index is 0.548. The molecular weight excluding hydrogens is 254 g/mol. The van der Waals surface area contributed by atoms with E-state index in [4.69, 9.17) is 0 Å². The van der Waals surface area contributed by atoms with E-state index >= 15 is 0 Å². The van der Waals surface area contributed by atoms with E-state index in [-0.39, 0.29) is 0 Å². The first-order valence-electron chi connectivity index (χ1n) is 8.95. The smallest absolute Gasteiger partial charge is 0.0374 e. The van der Waals surface area contributed by atoms with Crippen LogP contribution < -0.4 is 5.32 Å². The van der Waals surface area contributed by atoms with Crippen LogP contribution in [0.1, 0.15) is 72.3 Å². The molecule has 0 aliphatic rings. The van der Waals surface area contributed by atoms with Gasteiger partial charge in [-0.05, 0) is 49.7 Å². The van der Waals surface area contributed by atoms with Crippen molar-refractivity contribution in [2.45, 2.75) is 79.2 Å². The second-order valence-corrected chi connectivity index (χ2v) is 6.68. The van der Waals surface area contributed by atoms with Crippen molar-refractivity contribution in [3.8, 4) is 0 Å². The van der Waals surface area contributed by atoms with E-state index in [1.54, 1.807) is 0 Å². The molecule has 3 unspecified atom stereocenters. The van der Waals surface area contributed by atoms with Crippen LogP contribution in [-0.4, -0.2) is 6.04 Å². The number of benzene rings is 1. The van der Waals surface area contributed by atoms with E-state index in [9.17, 15) is 0 Å². The average molecular weight is 290 g/mol. The van der Waals surface area contributed by atoms with Crippen LogP contribution in [0.5, 0.6) is 0 Å². The Morgan fingerprint density at radius 2 is 1.62 bits per heavy atom. The van der Waals surface area contributed by atoms with Crippen LogP contribution in [-0.2, 0) is 6.42 Å². The van der Waals surface area contributed by atoms with Crippen molar-refractivity contribution in [3.05, 3.63) is 29.8 Å². The van der Waals surface area contributed by atoms with Crippen LogP contribution in [0.25, 0.3) is 0 Å². The lowest BCUT2D eigenvalue weighted by atomic mass is 9.88. The molecule has 0 heterocycles. The molecule has 1 rings (SSSR count). The van der Waals surface area contributed by atoms with Gasteiger partial charge in [0.15, 0.2) is 0 Å². The maximum Gasteiger partial charge on any atom is 0.0374 e. The fourth-order valence-electron chi connectivity index (χ4n) is 2.69. The van der Waals surface area contributed by atoms with Crippen molar-refractivity contribution in [3.63, 3.8) is 0 Å². The summed E-state index contributed by atoms with van der Waals surface area (Å²) < 4.78 is 0. The number of nitrogens with one attached hydrogen (secondary N) is 1. The van der Waals surface area contributed by atoms with E-state index in [1.807, 2.05) is 0 Å². The standard InChI is InChI=1S/C20H35N/c1-6-16(4)13-14-18(8-3)15-19-11-9-10-12-20(19)21-17(5)7-2/h9-12,16-18,21H,6-8,13-15H2,1-5H3. The Balaban J connectivity index is 2.66. The largest absolute Gasteiger partial charge is 0.382 e. The minimum absolute atomic E-state index is 0.548. The van der Waals surface area contributed by atoms with Crippen LogP contribution >= 0.6 is 0 Å². The summed E-state index contributed by atoms with van der Waals surface area (Å²) in [5.74, 6) is 1.69. The van der Waals surface area contributed by atoms with Gasteiger partial charge in [-0.1, -0.05) is 65.2 Å². The Hall–Kier alpha value is -0.980. The molecule has 0 spiro atoms. The topological polar surface area (TPSA) is 12.0 Å². The maximum atomic E-state index is 3.67. The van der Waals surface area contributed by atoms with Gasteiger partial charge < -0.3 is 5.32 Å². The summed E-state index contributed by atoms with van der Waals surface area (Å²) in [6, 6.07) is 9.41. The van der Waals surface area contributed by atoms with Gasteiger partial charge in [-0.15, -0.1) is 0 Å². The number of anilines is 1. The molecular formula is C20H35N. The highest BCUT2D eigenvalue weighted by molar-refractivity contribution is 5.51. The molecule has 1 N–H and O–H groups in total. The number of hydrogen-bond acceptors (Lipinski definition) is 1. The fourth-order valence-corrected chi connectivity index (χ4v) is 2.69. The Labute approximate surface area is 132 Å². The number of para-hydroxylation sites is 1. The lowest BCUT2D eigenvalue weighted by Crippen LogP contribution is -2.16. The minimum Gasteiger partial charge on any atom is -0.382 e.